The summed E-state index contributed by atoms with van der Waals surface area (Å²) in [7, 11) is 0. The number of amides is 2. The summed E-state index contributed by atoms with van der Waals surface area (Å²) >= 11 is 1.59. The SMILES string of the molecule is CSCCC(NC(=O)c1cccc([N+](=O)[O-])c1)C(=O)NC1CCNC1. The minimum Gasteiger partial charge on any atom is -0.350 e. The van der Waals surface area contributed by atoms with Crippen molar-refractivity contribution in [2.45, 2.75) is 24.9 Å². The predicted molar refractivity (Wildman–Crippen MR) is 96.8 cm³/mol. The lowest BCUT2D eigenvalue weighted by molar-refractivity contribution is -0.384. The third kappa shape index (κ3) is 5.71. The van der Waals surface area contributed by atoms with Gasteiger partial charge in [0.05, 0.1) is 4.92 Å². The van der Waals surface area contributed by atoms with Crippen molar-refractivity contribution in [3.05, 3.63) is 39.9 Å². The average molecular weight is 366 g/mol. The van der Waals surface area contributed by atoms with Crippen molar-refractivity contribution in [2.24, 2.45) is 0 Å². The first-order valence-electron chi connectivity index (χ1n) is 8.06. The summed E-state index contributed by atoms with van der Waals surface area (Å²) in [5, 5.41) is 19.7. The van der Waals surface area contributed by atoms with E-state index in [4.69, 9.17) is 0 Å². The molecule has 1 saturated heterocycles. The molecule has 0 spiro atoms. The maximum absolute atomic E-state index is 12.5. The largest absolute Gasteiger partial charge is 0.350 e. The average Bonchev–Trinajstić information content (AvgIpc) is 3.11. The molecule has 1 aromatic rings. The number of nitrogens with one attached hydrogen (secondary N) is 3. The van der Waals surface area contributed by atoms with E-state index in [0.29, 0.717) is 6.42 Å². The van der Waals surface area contributed by atoms with E-state index in [-0.39, 0.29) is 23.2 Å². The summed E-state index contributed by atoms with van der Waals surface area (Å²) in [6.07, 6.45) is 3.28. The van der Waals surface area contributed by atoms with Crippen LogP contribution in [-0.4, -0.2) is 53.9 Å². The first-order valence-corrected chi connectivity index (χ1v) is 9.46. The Morgan fingerprint density at radius 1 is 1.48 bits per heavy atom. The number of hydrogen-bond donors (Lipinski definition) is 3. The van der Waals surface area contributed by atoms with Gasteiger partial charge in [-0.15, -0.1) is 0 Å². The van der Waals surface area contributed by atoms with Gasteiger partial charge in [0.25, 0.3) is 11.6 Å². The van der Waals surface area contributed by atoms with Gasteiger partial charge in [-0.25, -0.2) is 0 Å². The van der Waals surface area contributed by atoms with Crippen LogP contribution in [0.15, 0.2) is 24.3 Å². The number of nitrogens with zero attached hydrogens (tertiary/aromatic N) is 1. The fourth-order valence-corrected chi connectivity index (χ4v) is 3.06. The molecule has 2 amide bonds. The molecule has 3 N–H and O–H groups in total. The van der Waals surface area contributed by atoms with E-state index in [1.54, 1.807) is 11.8 Å². The lowest BCUT2D eigenvalue weighted by Crippen LogP contribution is -2.50. The number of carbonyl (C=O) groups excluding carboxylic acids is 2. The van der Waals surface area contributed by atoms with Gasteiger partial charge in [-0.3, -0.25) is 19.7 Å². The van der Waals surface area contributed by atoms with Gasteiger partial charge in [-0.05, 0) is 37.5 Å². The van der Waals surface area contributed by atoms with Gasteiger partial charge in [-0.2, -0.15) is 11.8 Å². The Kier molecular flexibility index (Phi) is 7.20. The van der Waals surface area contributed by atoms with Crippen LogP contribution in [0.5, 0.6) is 0 Å². The quantitative estimate of drug-likeness (QED) is 0.466. The van der Waals surface area contributed by atoms with Gasteiger partial charge in [0.15, 0.2) is 0 Å². The molecule has 1 aliphatic heterocycles. The Morgan fingerprint density at radius 3 is 2.92 bits per heavy atom. The topological polar surface area (TPSA) is 113 Å². The van der Waals surface area contributed by atoms with Crippen LogP contribution in [0.1, 0.15) is 23.2 Å². The molecule has 0 bridgehead atoms. The Labute approximate surface area is 150 Å². The van der Waals surface area contributed by atoms with Gasteiger partial charge in [0, 0.05) is 30.3 Å². The minimum absolute atomic E-state index is 0.0685. The highest BCUT2D eigenvalue weighted by Crippen LogP contribution is 2.13. The van der Waals surface area contributed by atoms with Crippen molar-refractivity contribution in [3.8, 4) is 0 Å². The van der Waals surface area contributed by atoms with Crippen LogP contribution in [0.2, 0.25) is 0 Å². The number of thioether (sulfide) groups is 1. The highest BCUT2D eigenvalue weighted by molar-refractivity contribution is 7.98. The van der Waals surface area contributed by atoms with Gasteiger partial charge >= 0.3 is 0 Å². The maximum atomic E-state index is 12.5. The zero-order chi connectivity index (χ0) is 18.2. The van der Waals surface area contributed by atoms with Crippen molar-refractivity contribution in [1.82, 2.24) is 16.0 Å². The maximum Gasteiger partial charge on any atom is 0.270 e. The summed E-state index contributed by atoms with van der Waals surface area (Å²) in [4.78, 5) is 35.2. The Morgan fingerprint density at radius 2 is 2.28 bits per heavy atom. The lowest BCUT2D eigenvalue weighted by atomic mass is 10.1. The normalized spacial score (nSPS) is 17.7. The summed E-state index contributed by atoms with van der Waals surface area (Å²) in [5.41, 5.74) is 0.00785. The fourth-order valence-electron chi connectivity index (χ4n) is 2.59. The van der Waals surface area contributed by atoms with Crippen LogP contribution in [0.3, 0.4) is 0 Å². The van der Waals surface area contributed by atoms with Crippen LogP contribution < -0.4 is 16.0 Å². The second-order valence-electron chi connectivity index (χ2n) is 5.81. The lowest BCUT2D eigenvalue weighted by Gasteiger charge is -2.20. The third-order valence-electron chi connectivity index (χ3n) is 3.96. The van der Waals surface area contributed by atoms with Gasteiger partial charge in [0.2, 0.25) is 5.91 Å². The molecule has 2 atom stereocenters. The first kappa shape index (κ1) is 19.2. The summed E-state index contributed by atoms with van der Waals surface area (Å²) in [5.74, 6) is 0.00646. The zero-order valence-corrected chi connectivity index (χ0v) is 14.8. The molecule has 1 aliphatic rings. The number of hydrogen-bond acceptors (Lipinski definition) is 6. The fraction of sp³-hybridized carbons (Fsp3) is 0.500. The molecular formula is C16H22N4O4S. The smallest absolute Gasteiger partial charge is 0.270 e. The first-order chi connectivity index (χ1) is 12.0. The Balaban J connectivity index is 2.04. The monoisotopic (exact) mass is 366 g/mol. The standard InChI is InChI=1S/C16H22N4O4S/c1-25-8-6-14(16(22)18-12-5-7-17-10-12)19-15(21)11-3-2-4-13(9-11)20(23)24/h2-4,9,12,14,17H,5-8,10H2,1H3,(H,18,22)(H,19,21). The van der Waals surface area contributed by atoms with Crippen molar-refractivity contribution in [3.63, 3.8) is 0 Å². The van der Waals surface area contributed by atoms with Crippen molar-refractivity contribution >= 4 is 29.3 Å². The minimum atomic E-state index is -0.667. The second kappa shape index (κ2) is 9.38. The highest BCUT2D eigenvalue weighted by atomic mass is 32.2. The van der Waals surface area contributed by atoms with Gasteiger partial charge in [-0.1, -0.05) is 6.07 Å². The molecule has 1 fully saturated rings. The molecule has 9 heteroatoms. The Bertz CT molecular complexity index is 634. The van der Waals surface area contributed by atoms with E-state index in [1.165, 1.54) is 24.3 Å². The van der Waals surface area contributed by atoms with E-state index in [9.17, 15) is 19.7 Å². The molecule has 0 aromatic heterocycles. The number of rotatable bonds is 8. The summed E-state index contributed by atoms with van der Waals surface area (Å²) in [6.45, 7) is 1.58. The molecule has 1 heterocycles. The van der Waals surface area contributed by atoms with E-state index < -0.39 is 16.9 Å². The van der Waals surface area contributed by atoms with Crippen LogP contribution in [0.4, 0.5) is 5.69 Å². The second-order valence-corrected chi connectivity index (χ2v) is 6.80. The number of carbonyl (C=O) groups is 2. The molecule has 25 heavy (non-hydrogen) atoms. The van der Waals surface area contributed by atoms with Crippen LogP contribution in [0, 0.1) is 10.1 Å². The van der Waals surface area contributed by atoms with E-state index >= 15 is 0 Å². The van der Waals surface area contributed by atoms with Gasteiger partial charge < -0.3 is 16.0 Å². The van der Waals surface area contributed by atoms with Crippen LogP contribution in [0.25, 0.3) is 0 Å². The van der Waals surface area contributed by atoms with E-state index in [2.05, 4.69) is 16.0 Å². The molecular weight excluding hydrogens is 344 g/mol. The molecule has 1 aromatic carbocycles. The van der Waals surface area contributed by atoms with Crippen molar-refractivity contribution < 1.29 is 14.5 Å². The molecule has 0 saturated carbocycles. The molecule has 136 valence electrons. The van der Waals surface area contributed by atoms with E-state index in [1.807, 2.05) is 6.26 Å². The molecule has 2 rings (SSSR count). The molecule has 0 aliphatic carbocycles. The van der Waals surface area contributed by atoms with Crippen LogP contribution in [-0.2, 0) is 4.79 Å². The molecule has 8 nitrogen and oxygen atoms in total. The molecule has 2 unspecified atom stereocenters. The summed E-state index contributed by atoms with van der Waals surface area (Å²) in [6, 6.07) is 4.88. The van der Waals surface area contributed by atoms with Crippen LogP contribution >= 0.6 is 11.8 Å². The number of non-ortho nitro benzene ring substituents is 1. The van der Waals surface area contributed by atoms with Crippen molar-refractivity contribution in [1.29, 1.82) is 0 Å². The van der Waals surface area contributed by atoms with Crippen molar-refractivity contribution in [2.75, 3.05) is 25.1 Å². The predicted octanol–water partition coefficient (Wildman–Crippen LogP) is 0.924. The third-order valence-corrected chi connectivity index (χ3v) is 4.60. The van der Waals surface area contributed by atoms with Gasteiger partial charge in [0.1, 0.15) is 6.04 Å². The number of benzene rings is 1. The molecule has 0 radical (unpaired) electrons. The summed E-state index contributed by atoms with van der Waals surface area (Å²) < 4.78 is 0. The zero-order valence-electron chi connectivity index (χ0n) is 14.0. The Hall–Kier alpha value is -2.13. The number of nitro groups is 1. The van der Waals surface area contributed by atoms with E-state index in [0.717, 1.165) is 25.3 Å². The highest BCUT2D eigenvalue weighted by Gasteiger charge is 2.25. The number of nitro benzene ring substituents is 1.